The third-order valence-electron chi connectivity index (χ3n) is 6.83. The van der Waals surface area contributed by atoms with Gasteiger partial charge in [0.2, 0.25) is 0 Å². The van der Waals surface area contributed by atoms with E-state index in [2.05, 4.69) is 4.98 Å². The Kier molecular flexibility index (Phi) is 7.36. The zero-order chi connectivity index (χ0) is 31.3. The number of benzene rings is 5. The van der Waals surface area contributed by atoms with Gasteiger partial charge in [-0.1, -0.05) is 42.0 Å². The van der Waals surface area contributed by atoms with Crippen LogP contribution in [0.25, 0.3) is 43.0 Å². The van der Waals surface area contributed by atoms with Crippen molar-refractivity contribution in [3.8, 4) is 38.6 Å². The van der Waals surface area contributed by atoms with Crippen LogP contribution in [-0.4, -0.2) is 4.98 Å². The van der Waals surface area contributed by atoms with E-state index in [-0.39, 0.29) is 31.9 Å². The molecule has 0 spiro atoms. The van der Waals surface area contributed by atoms with Gasteiger partial charge >= 0.3 is 6.11 Å². The number of aryl methyl sites for hydroxylation is 1. The molecule has 0 amide bonds. The molecule has 0 saturated heterocycles. The van der Waals surface area contributed by atoms with Gasteiger partial charge in [0.05, 0.1) is 10.2 Å². The molecule has 0 fully saturated rings. The lowest BCUT2D eigenvalue weighted by Crippen LogP contribution is -2.25. The van der Waals surface area contributed by atoms with Gasteiger partial charge in [-0.25, -0.2) is 31.3 Å². The minimum atomic E-state index is -4.50. The summed E-state index contributed by atoms with van der Waals surface area (Å²) in [5.74, 6) is -9.13. The third-order valence-corrected chi connectivity index (χ3v) is 7.90. The number of thiazole rings is 1. The highest BCUT2D eigenvalue weighted by atomic mass is 32.1. The highest BCUT2D eigenvalue weighted by Crippen LogP contribution is 2.40. The van der Waals surface area contributed by atoms with E-state index >= 15 is 22.0 Å². The first-order valence-electron chi connectivity index (χ1n) is 12.9. The maximum atomic E-state index is 15.1. The largest absolute Gasteiger partial charge is 0.432 e. The van der Waals surface area contributed by atoms with Crippen LogP contribution in [0.2, 0.25) is 0 Å². The standard InChI is InChI=1S/C33H17F8NOS/c1-16-2-4-17(5-3-16)18-6-8-22(23(34)10-18)19-11-24(35)30(25(36)12-19)33(40,41)43-21-7-9-28-29(15-21)44-32(42-28)20-13-26(37)31(39)27(38)14-20/h2-15H,1H3. The Balaban J connectivity index is 1.27. The molecule has 0 aliphatic heterocycles. The molecule has 2 nitrogen and oxygen atoms in total. The second-order valence-corrected chi connectivity index (χ2v) is 10.9. The molecule has 0 bridgehead atoms. The first-order chi connectivity index (χ1) is 20.9. The van der Waals surface area contributed by atoms with Crippen molar-refractivity contribution in [1.82, 2.24) is 4.98 Å². The normalized spacial score (nSPS) is 11.8. The molecule has 6 rings (SSSR count). The maximum Gasteiger partial charge on any atom is 0.432 e. The van der Waals surface area contributed by atoms with Gasteiger partial charge in [0.1, 0.15) is 33.8 Å². The lowest BCUT2D eigenvalue weighted by atomic mass is 9.98. The smallest absolute Gasteiger partial charge is 0.429 e. The summed E-state index contributed by atoms with van der Waals surface area (Å²) >= 11 is 0.841. The SMILES string of the molecule is Cc1ccc(-c2ccc(-c3cc(F)c(C(F)(F)Oc4ccc5nc(-c6cc(F)c(F)c(F)c6)sc5c4)c(F)c3)c(F)c2)cc1. The molecule has 11 heteroatoms. The van der Waals surface area contributed by atoms with E-state index in [1.165, 1.54) is 18.2 Å². The van der Waals surface area contributed by atoms with Gasteiger partial charge < -0.3 is 4.74 Å². The summed E-state index contributed by atoms with van der Waals surface area (Å²) in [6, 6.07) is 17.4. The van der Waals surface area contributed by atoms with E-state index in [1.807, 2.05) is 19.1 Å². The number of fused-ring (bicyclic) bond motifs is 1. The van der Waals surface area contributed by atoms with Crippen molar-refractivity contribution in [2.24, 2.45) is 0 Å². The molecule has 6 aromatic rings. The average Bonchev–Trinajstić information content (AvgIpc) is 3.39. The predicted molar refractivity (Wildman–Crippen MR) is 151 cm³/mol. The summed E-state index contributed by atoms with van der Waals surface area (Å²) in [5, 5.41) is 0.0634. The minimum Gasteiger partial charge on any atom is -0.429 e. The molecule has 222 valence electrons. The van der Waals surface area contributed by atoms with Gasteiger partial charge in [-0.3, -0.25) is 0 Å². The Hall–Kier alpha value is -4.77. The summed E-state index contributed by atoms with van der Waals surface area (Å²) in [7, 11) is 0. The van der Waals surface area contributed by atoms with Crippen LogP contribution < -0.4 is 4.74 Å². The Morgan fingerprint density at radius 2 is 1.20 bits per heavy atom. The van der Waals surface area contributed by atoms with Crippen LogP contribution >= 0.6 is 11.3 Å². The van der Waals surface area contributed by atoms with Crippen molar-refractivity contribution in [2.75, 3.05) is 0 Å². The van der Waals surface area contributed by atoms with Gasteiger partial charge in [-0.05, 0) is 72.1 Å². The fourth-order valence-corrected chi connectivity index (χ4v) is 5.63. The van der Waals surface area contributed by atoms with Crippen molar-refractivity contribution in [3.63, 3.8) is 0 Å². The molecule has 5 aromatic carbocycles. The summed E-state index contributed by atoms with van der Waals surface area (Å²) < 4.78 is 121. The third kappa shape index (κ3) is 5.50. The molecule has 0 N–H and O–H groups in total. The van der Waals surface area contributed by atoms with E-state index in [4.69, 9.17) is 4.74 Å². The summed E-state index contributed by atoms with van der Waals surface area (Å²) in [6.45, 7) is 1.90. The highest BCUT2D eigenvalue weighted by molar-refractivity contribution is 7.21. The number of halogens is 8. The van der Waals surface area contributed by atoms with Crippen molar-refractivity contribution in [1.29, 1.82) is 0 Å². The Bertz CT molecular complexity index is 2010. The zero-order valence-electron chi connectivity index (χ0n) is 22.4. The Labute approximate surface area is 248 Å². The van der Waals surface area contributed by atoms with E-state index < -0.39 is 52.3 Å². The molecule has 0 aliphatic carbocycles. The van der Waals surface area contributed by atoms with Gasteiger partial charge in [0.25, 0.3) is 0 Å². The molecule has 0 radical (unpaired) electrons. The number of rotatable bonds is 6. The molecule has 0 atom stereocenters. The number of ether oxygens (including phenoxy) is 1. The summed E-state index contributed by atoms with van der Waals surface area (Å²) in [6.07, 6.45) is -4.50. The fraction of sp³-hybridized carbons (Fsp3) is 0.0606. The van der Waals surface area contributed by atoms with E-state index in [0.29, 0.717) is 17.7 Å². The number of nitrogens with zero attached hydrogens (tertiary/aromatic N) is 1. The van der Waals surface area contributed by atoms with Gasteiger partial charge in [0, 0.05) is 11.1 Å². The first-order valence-corrected chi connectivity index (χ1v) is 13.7. The quantitative estimate of drug-likeness (QED) is 0.135. The molecular formula is C33H17F8NOS. The van der Waals surface area contributed by atoms with Crippen LogP contribution in [0.15, 0.2) is 84.9 Å². The number of aromatic nitrogens is 1. The van der Waals surface area contributed by atoms with Crippen molar-refractivity contribution in [2.45, 2.75) is 13.0 Å². The van der Waals surface area contributed by atoms with E-state index in [1.54, 1.807) is 18.2 Å². The van der Waals surface area contributed by atoms with Crippen LogP contribution in [0.4, 0.5) is 35.1 Å². The molecule has 0 unspecified atom stereocenters. The number of alkyl halides is 2. The second kappa shape index (κ2) is 11.1. The lowest BCUT2D eigenvalue weighted by Gasteiger charge is -2.20. The average molecular weight is 628 g/mol. The van der Waals surface area contributed by atoms with Gasteiger partial charge in [-0.15, -0.1) is 11.3 Å². The molecular weight excluding hydrogens is 610 g/mol. The lowest BCUT2D eigenvalue weighted by molar-refractivity contribution is -0.189. The summed E-state index contributed by atoms with van der Waals surface area (Å²) in [5.41, 5.74) is 0.237. The van der Waals surface area contributed by atoms with Gasteiger partial charge in [0.15, 0.2) is 17.5 Å². The molecule has 1 heterocycles. The first kappa shape index (κ1) is 29.3. The topological polar surface area (TPSA) is 22.1 Å². The number of hydrogen-bond acceptors (Lipinski definition) is 3. The van der Waals surface area contributed by atoms with E-state index in [0.717, 1.165) is 46.7 Å². The zero-order valence-corrected chi connectivity index (χ0v) is 23.2. The van der Waals surface area contributed by atoms with E-state index in [9.17, 15) is 13.2 Å². The van der Waals surface area contributed by atoms with Crippen LogP contribution in [0.3, 0.4) is 0 Å². The Morgan fingerprint density at radius 1 is 0.614 bits per heavy atom. The van der Waals surface area contributed by atoms with Crippen molar-refractivity contribution in [3.05, 3.63) is 131 Å². The minimum absolute atomic E-state index is 0.0634. The molecule has 0 saturated carbocycles. The molecule has 0 aliphatic rings. The predicted octanol–water partition coefficient (Wildman–Crippen LogP) is 10.6. The highest BCUT2D eigenvalue weighted by Gasteiger charge is 2.41. The van der Waals surface area contributed by atoms with Crippen molar-refractivity contribution < 1.29 is 39.9 Å². The van der Waals surface area contributed by atoms with Crippen LogP contribution in [-0.2, 0) is 6.11 Å². The van der Waals surface area contributed by atoms with Crippen molar-refractivity contribution >= 4 is 21.6 Å². The molecule has 1 aromatic heterocycles. The van der Waals surface area contributed by atoms with Gasteiger partial charge in [-0.2, -0.15) is 8.78 Å². The molecule has 44 heavy (non-hydrogen) atoms. The Morgan fingerprint density at radius 3 is 1.84 bits per heavy atom. The fourth-order valence-electron chi connectivity index (χ4n) is 4.65. The monoisotopic (exact) mass is 627 g/mol. The summed E-state index contributed by atoms with van der Waals surface area (Å²) in [4.78, 5) is 4.16. The van der Waals surface area contributed by atoms with Crippen LogP contribution in [0.5, 0.6) is 5.75 Å². The van der Waals surface area contributed by atoms with Crippen LogP contribution in [0.1, 0.15) is 11.1 Å². The second-order valence-electron chi connectivity index (χ2n) is 9.90. The number of hydrogen-bond donors (Lipinski definition) is 0. The van der Waals surface area contributed by atoms with Crippen LogP contribution in [0, 0.1) is 41.8 Å². The maximum absolute atomic E-state index is 15.1.